The molecule has 0 fully saturated rings. The molecular formula is C19H24ClN2O3S+. The number of benzene rings is 1. The lowest BCUT2D eigenvalue weighted by Crippen LogP contribution is -3.12. The molecule has 2 aromatic rings. The molecule has 1 amide bonds. The summed E-state index contributed by atoms with van der Waals surface area (Å²) in [6.45, 7) is 8.11. The van der Waals surface area contributed by atoms with Crippen LogP contribution >= 0.6 is 22.9 Å². The van der Waals surface area contributed by atoms with Gasteiger partial charge in [0.1, 0.15) is 14.9 Å². The summed E-state index contributed by atoms with van der Waals surface area (Å²) in [6, 6.07) is 9.40. The van der Waals surface area contributed by atoms with E-state index in [1.165, 1.54) is 11.3 Å². The maximum atomic E-state index is 12.6. The highest BCUT2D eigenvalue weighted by Gasteiger charge is 2.27. The molecule has 0 radical (unpaired) electrons. The lowest BCUT2D eigenvalue weighted by molar-refractivity contribution is -0.888. The van der Waals surface area contributed by atoms with Crippen molar-refractivity contribution in [1.29, 1.82) is 0 Å². The van der Waals surface area contributed by atoms with Gasteiger partial charge in [-0.1, -0.05) is 41.9 Å². The van der Waals surface area contributed by atoms with Crippen molar-refractivity contribution in [3.63, 3.8) is 0 Å². The molecule has 0 bridgehead atoms. The van der Waals surface area contributed by atoms with Gasteiger partial charge in [0.2, 0.25) is 0 Å². The summed E-state index contributed by atoms with van der Waals surface area (Å²) >= 11 is 7.61. The number of thiophene rings is 1. The third-order valence-corrected chi connectivity index (χ3v) is 5.38. The van der Waals surface area contributed by atoms with Crippen LogP contribution in [0.15, 0.2) is 30.3 Å². The zero-order valence-electron chi connectivity index (χ0n) is 15.2. The van der Waals surface area contributed by atoms with E-state index in [2.05, 4.69) is 5.32 Å². The first kappa shape index (κ1) is 20.4. The molecule has 0 atom stereocenters. The van der Waals surface area contributed by atoms with Crippen molar-refractivity contribution in [3.05, 3.63) is 40.2 Å². The number of esters is 1. The largest absolute Gasteiger partial charge is 0.462 e. The Morgan fingerprint density at radius 1 is 1.15 bits per heavy atom. The summed E-state index contributed by atoms with van der Waals surface area (Å²) in [5, 5.41) is 3.29. The zero-order valence-corrected chi connectivity index (χ0v) is 16.8. The zero-order chi connectivity index (χ0) is 19.1. The van der Waals surface area contributed by atoms with Crippen LogP contribution in [-0.2, 0) is 9.53 Å². The van der Waals surface area contributed by atoms with Gasteiger partial charge >= 0.3 is 5.97 Å². The van der Waals surface area contributed by atoms with Gasteiger partial charge in [-0.15, -0.1) is 11.3 Å². The van der Waals surface area contributed by atoms with Crippen LogP contribution in [0, 0.1) is 0 Å². The minimum Gasteiger partial charge on any atom is -0.462 e. The summed E-state index contributed by atoms with van der Waals surface area (Å²) in [7, 11) is 0. The third-order valence-electron chi connectivity index (χ3n) is 4.07. The minimum absolute atomic E-state index is 0.147. The molecule has 0 spiro atoms. The Kier molecular flexibility index (Phi) is 7.63. The van der Waals surface area contributed by atoms with Gasteiger partial charge in [-0.25, -0.2) is 4.79 Å². The fourth-order valence-electron chi connectivity index (χ4n) is 2.65. The van der Waals surface area contributed by atoms with Gasteiger partial charge in [-0.2, -0.15) is 0 Å². The van der Waals surface area contributed by atoms with Gasteiger partial charge in [0.25, 0.3) is 5.91 Å². The number of hydrogen-bond acceptors (Lipinski definition) is 4. The van der Waals surface area contributed by atoms with Crippen LogP contribution in [-0.4, -0.2) is 38.1 Å². The van der Waals surface area contributed by atoms with Crippen LogP contribution in [0.1, 0.15) is 31.1 Å². The van der Waals surface area contributed by atoms with E-state index in [0.29, 0.717) is 27.0 Å². The molecule has 7 heteroatoms. The molecule has 1 aromatic heterocycles. The number of anilines is 1. The van der Waals surface area contributed by atoms with Gasteiger partial charge in [0, 0.05) is 5.56 Å². The van der Waals surface area contributed by atoms with E-state index < -0.39 is 5.97 Å². The van der Waals surface area contributed by atoms with Crippen molar-refractivity contribution in [1.82, 2.24) is 0 Å². The van der Waals surface area contributed by atoms with Crippen molar-refractivity contribution in [2.24, 2.45) is 0 Å². The molecule has 0 saturated carbocycles. The summed E-state index contributed by atoms with van der Waals surface area (Å²) < 4.78 is 5.65. The van der Waals surface area contributed by atoms with Crippen molar-refractivity contribution >= 4 is 39.8 Å². The molecule has 0 aliphatic rings. The second-order valence-electron chi connectivity index (χ2n) is 5.72. The quantitative estimate of drug-likeness (QED) is 0.675. The van der Waals surface area contributed by atoms with E-state index in [0.717, 1.165) is 23.6 Å². The standard InChI is InChI=1S/C19H23ClN2O3S/c1-4-22(5-2)12-14(23)21-18-16(19(24)25-6-3)15(17(20)26-18)13-10-8-7-9-11-13/h7-11H,4-6,12H2,1-3H3,(H,21,23)/p+1. The highest BCUT2D eigenvalue weighted by Crippen LogP contribution is 2.43. The third kappa shape index (κ3) is 4.84. The van der Waals surface area contributed by atoms with Crippen LogP contribution in [0.5, 0.6) is 0 Å². The number of nitrogens with one attached hydrogen (secondary N) is 2. The predicted molar refractivity (Wildman–Crippen MR) is 106 cm³/mol. The fourth-order valence-corrected chi connectivity index (χ4v) is 4.04. The van der Waals surface area contributed by atoms with Crippen LogP contribution < -0.4 is 10.2 Å². The topological polar surface area (TPSA) is 59.8 Å². The molecule has 140 valence electrons. The van der Waals surface area contributed by atoms with Crippen molar-refractivity contribution in [2.45, 2.75) is 20.8 Å². The van der Waals surface area contributed by atoms with Crippen LogP contribution in [0.25, 0.3) is 11.1 Å². The van der Waals surface area contributed by atoms with E-state index in [1.54, 1.807) is 6.92 Å². The summed E-state index contributed by atoms with van der Waals surface area (Å²) in [4.78, 5) is 26.1. The molecule has 1 aromatic carbocycles. The Labute approximate surface area is 162 Å². The normalized spacial score (nSPS) is 10.8. The van der Waals surface area contributed by atoms with Gasteiger partial charge in [0.15, 0.2) is 6.54 Å². The average Bonchev–Trinajstić information content (AvgIpc) is 2.96. The van der Waals surface area contributed by atoms with Gasteiger partial charge in [-0.05, 0) is 26.3 Å². The molecule has 2 N–H and O–H groups in total. The Balaban J connectivity index is 2.40. The summed E-state index contributed by atoms with van der Waals surface area (Å²) in [5.74, 6) is -0.633. The van der Waals surface area contributed by atoms with E-state index in [4.69, 9.17) is 16.3 Å². The number of amides is 1. The number of carbonyl (C=O) groups excluding carboxylic acids is 2. The molecule has 5 nitrogen and oxygen atoms in total. The molecule has 0 saturated heterocycles. The van der Waals surface area contributed by atoms with Gasteiger partial charge in [0.05, 0.1) is 19.7 Å². The van der Waals surface area contributed by atoms with Crippen LogP contribution in [0.4, 0.5) is 5.00 Å². The van der Waals surface area contributed by atoms with E-state index in [9.17, 15) is 9.59 Å². The van der Waals surface area contributed by atoms with E-state index in [1.807, 2.05) is 44.2 Å². The SMILES string of the molecule is CCOC(=O)c1c(NC(=O)C[NH+](CC)CC)sc(Cl)c1-c1ccccc1. The smallest absolute Gasteiger partial charge is 0.341 e. The number of carbonyl (C=O) groups is 2. The predicted octanol–water partition coefficient (Wildman–Crippen LogP) is 3.11. The Morgan fingerprint density at radius 3 is 2.38 bits per heavy atom. The molecule has 1 heterocycles. The van der Waals surface area contributed by atoms with E-state index >= 15 is 0 Å². The first-order chi connectivity index (χ1) is 12.5. The lowest BCUT2D eigenvalue weighted by Gasteiger charge is -2.15. The maximum Gasteiger partial charge on any atom is 0.341 e. The average molecular weight is 396 g/mol. The lowest BCUT2D eigenvalue weighted by atomic mass is 10.0. The van der Waals surface area contributed by atoms with Crippen molar-refractivity contribution in [2.75, 3.05) is 31.6 Å². The second-order valence-corrected chi connectivity index (χ2v) is 7.35. The molecule has 0 aliphatic carbocycles. The number of hydrogen-bond donors (Lipinski definition) is 2. The number of halogens is 1. The summed E-state index contributed by atoms with van der Waals surface area (Å²) in [6.07, 6.45) is 0. The number of rotatable bonds is 8. The van der Waals surface area contributed by atoms with Gasteiger partial charge < -0.3 is 15.0 Å². The first-order valence-corrected chi connectivity index (χ1v) is 9.89. The Morgan fingerprint density at radius 2 is 1.81 bits per heavy atom. The highest BCUT2D eigenvalue weighted by atomic mass is 35.5. The number of likely N-dealkylation sites (N-methyl/N-ethyl adjacent to an activating group) is 1. The molecule has 2 rings (SSSR count). The van der Waals surface area contributed by atoms with Crippen molar-refractivity contribution < 1.29 is 19.2 Å². The van der Waals surface area contributed by atoms with Gasteiger partial charge in [-0.3, -0.25) is 4.79 Å². The van der Waals surface area contributed by atoms with Crippen LogP contribution in [0.2, 0.25) is 4.34 Å². The van der Waals surface area contributed by atoms with E-state index in [-0.39, 0.29) is 12.5 Å². The first-order valence-electron chi connectivity index (χ1n) is 8.69. The fraction of sp³-hybridized carbons (Fsp3) is 0.368. The number of ether oxygens (including phenoxy) is 1. The van der Waals surface area contributed by atoms with Crippen molar-refractivity contribution in [3.8, 4) is 11.1 Å². The number of quaternary nitrogens is 1. The Bertz CT molecular complexity index is 758. The molecule has 0 aliphatic heterocycles. The molecular weight excluding hydrogens is 372 g/mol. The van der Waals surface area contributed by atoms with Crippen LogP contribution in [0.3, 0.4) is 0 Å². The second kappa shape index (κ2) is 9.71. The summed E-state index contributed by atoms with van der Waals surface area (Å²) in [5.41, 5.74) is 1.73. The molecule has 0 unspecified atom stereocenters. The monoisotopic (exact) mass is 395 g/mol. The molecule has 26 heavy (non-hydrogen) atoms. The maximum absolute atomic E-state index is 12.6. The Hall–Kier alpha value is -1.89. The highest BCUT2D eigenvalue weighted by molar-refractivity contribution is 7.21. The minimum atomic E-state index is -0.486.